The van der Waals surface area contributed by atoms with Crippen molar-refractivity contribution in [3.8, 4) is 0 Å². The SMILES string of the molecule is CCO/N=C(/C)CCCN(C)C. The third-order valence-electron chi connectivity index (χ3n) is 1.49. The minimum absolute atomic E-state index is 0.658. The Morgan fingerprint density at radius 1 is 1.42 bits per heavy atom. The monoisotopic (exact) mass is 172 g/mol. The molecule has 0 fully saturated rings. The normalized spacial score (nSPS) is 12.2. The first-order valence-electron chi connectivity index (χ1n) is 4.47. The highest BCUT2D eigenvalue weighted by molar-refractivity contribution is 5.81. The zero-order chi connectivity index (χ0) is 9.40. The molecule has 0 N–H and O–H groups in total. The first-order chi connectivity index (χ1) is 5.66. The summed E-state index contributed by atoms with van der Waals surface area (Å²) in [6, 6.07) is 0. The number of rotatable bonds is 6. The highest BCUT2D eigenvalue weighted by Crippen LogP contribution is 1.94. The quantitative estimate of drug-likeness (QED) is 0.450. The van der Waals surface area contributed by atoms with Crippen LogP contribution in [0.2, 0.25) is 0 Å². The molecule has 0 aromatic carbocycles. The van der Waals surface area contributed by atoms with Gasteiger partial charge in [0, 0.05) is 0 Å². The van der Waals surface area contributed by atoms with Crippen molar-refractivity contribution in [1.29, 1.82) is 0 Å². The van der Waals surface area contributed by atoms with Gasteiger partial charge in [-0.15, -0.1) is 0 Å². The lowest BCUT2D eigenvalue weighted by molar-refractivity contribution is 0.158. The van der Waals surface area contributed by atoms with Crippen LogP contribution in [-0.4, -0.2) is 37.9 Å². The Morgan fingerprint density at radius 2 is 2.08 bits per heavy atom. The lowest BCUT2D eigenvalue weighted by Crippen LogP contribution is -2.13. The first kappa shape index (κ1) is 11.4. The van der Waals surface area contributed by atoms with Crippen molar-refractivity contribution in [2.45, 2.75) is 26.7 Å². The highest BCUT2D eigenvalue weighted by Gasteiger charge is 1.94. The van der Waals surface area contributed by atoms with E-state index in [0.717, 1.165) is 25.1 Å². The van der Waals surface area contributed by atoms with Crippen LogP contribution < -0.4 is 0 Å². The lowest BCUT2D eigenvalue weighted by atomic mass is 10.2. The van der Waals surface area contributed by atoms with Gasteiger partial charge in [-0.2, -0.15) is 0 Å². The van der Waals surface area contributed by atoms with Gasteiger partial charge in [0.05, 0.1) is 5.71 Å². The van der Waals surface area contributed by atoms with E-state index in [9.17, 15) is 0 Å². The fourth-order valence-corrected chi connectivity index (χ4v) is 0.872. The molecule has 0 bridgehead atoms. The standard InChI is InChI=1S/C9H20N2O/c1-5-12-10-9(2)7-6-8-11(3)4/h5-8H2,1-4H3/b10-9-. The smallest absolute Gasteiger partial charge is 0.114 e. The molecule has 0 atom stereocenters. The maximum absolute atomic E-state index is 4.93. The fraction of sp³-hybridized carbons (Fsp3) is 0.889. The van der Waals surface area contributed by atoms with Gasteiger partial charge in [-0.25, -0.2) is 0 Å². The molecule has 0 radical (unpaired) electrons. The minimum Gasteiger partial charge on any atom is -0.396 e. The van der Waals surface area contributed by atoms with Gasteiger partial charge in [0.25, 0.3) is 0 Å². The summed E-state index contributed by atoms with van der Waals surface area (Å²) in [6.07, 6.45) is 2.17. The van der Waals surface area contributed by atoms with Crippen molar-refractivity contribution in [2.24, 2.45) is 5.16 Å². The van der Waals surface area contributed by atoms with Crippen molar-refractivity contribution in [3.05, 3.63) is 0 Å². The van der Waals surface area contributed by atoms with Crippen LogP contribution >= 0.6 is 0 Å². The largest absolute Gasteiger partial charge is 0.396 e. The summed E-state index contributed by atoms with van der Waals surface area (Å²) in [7, 11) is 4.16. The molecule has 0 heterocycles. The topological polar surface area (TPSA) is 24.8 Å². The summed E-state index contributed by atoms with van der Waals surface area (Å²) < 4.78 is 0. The molecular weight excluding hydrogens is 152 g/mol. The van der Waals surface area contributed by atoms with Crippen LogP contribution in [0.5, 0.6) is 0 Å². The van der Waals surface area contributed by atoms with Crippen molar-refractivity contribution in [3.63, 3.8) is 0 Å². The third kappa shape index (κ3) is 7.54. The summed E-state index contributed by atoms with van der Waals surface area (Å²) in [4.78, 5) is 7.10. The van der Waals surface area contributed by atoms with Crippen LogP contribution in [0, 0.1) is 0 Å². The average Bonchev–Trinajstić information content (AvgIpc) is 2.00. The molecule has 72 valence electrons. The maximum atomic E-state index is 4.93. The zero-order valence-corrected chi connectivity index (χ0v) is 8.63. The van der Waals surface area contributed by atoms with Gasteiger partial charge in [-0.1, -0.05) is 5.16 Å². The summed E-state index contributed by atoms with van der Waals surface area (Å²) in [5.74, 6) is 0. The lowest BCUT2D eigenvalue weighted by Gasteiger charge is -2.08. The molecule has 0 spiro atoms. The Hall–Kier alpha value is -0.570. The molecule has 0 aliphatic carbocycles. The molecule has 0 aromatic rings. The molecule has 0 amide bonds. The van der Waals surface area contributed by atoms with E-state index in [1.165, 1.54) is 0 Å². The van der Waals surface area contributed by atoms with Crippen molar-refractivity contribution >= 4 is 5.71 Å². The molecular formula is C9H20N2O. The predicted molar refractivity (Wildman–Crippen MR) is 52.5 cm³/mol. The molecule has 0 aliphatic rings. The average molecular weight is 172 g/mol. The molecule has 12 heavy (non-hydrogen) atoms. The van der Waals surface area contributed by atoms with E-state index in [2.05, 4.69) is 24.2 Å². The number of hydrogen-bond acceptors (Lipinski definition) is 3. The Balaban J connectivity index is 3.36. The Morgan fingerprint density at radius 3 is 2.58 bits per heavy atom. The zero-order valence-electron chi connectivity index (χ0n) is 8.63. The van der Waals surface area contributed by atoms with E-state index in [-0.39, 0.29) is 0 Å². The Bertz CT molecular complexity index is 132. The van der Waals surface area contributed by atoms with Gasteiger partial charge >= 0.3 is 0 Å². The number of oxime groups is 1. The molecule has 0 unspecified atom stereocenters. The molecule has 0 aliphatic heterocycles. The van der Waals surface area contributed by atoms with Gasteiger partial charge in [0.1, 0.15) is 6.61 Å². The van der Waals surface area contributed by atoms with E-state index in [1.807, 2.05) is 13.8 Å². The van der Waals surface area contributed by atoms with Gasteiger partial charge in [0.15, 0.2) is 0 Å². The third-order valence-corrected chi connectivity index (χ3v) is 1.49. The van der Waals surface area contributed by atoms with Crippen LogP contribution in [-0.2, 0) is 4.84 Å². The minimum atomic E-state index is 0.658. The van der Waals surface area contributed by atoms with Crippen molar-refractivity contribution in [1.82, 2.24) is 4.90 Å². The van der Waals surface area contributed by atoms with E-state index in [0.29, 0.717) is 6.61 Å². The van der Waals surface area contributed by atoms with Gasteiger partial charge in [-0.05, 0) is 47.3 Å². The Kier molecular flexibility index (Phi) is 6.76. The molecule has 3 heteroatoms. The summed E-state index contributed by atoms with van der Waals surface area (Å²) in [6.45, 7) is 5.71. The van der Waals surface area contributed by atoms with Crippen LogP contribution in [0.15, 0.2) is 5.16 Å². The second kappa shape index (κ2) is 7.10. The number of nitrogens with zero attached hydrogens (tertiary/aromatic N) is 2. The van der Waals surface area contributed by atoms with E-state index in [4.69, 9.17) is 4.84 Å². The molecule has 0 saturated carbocycles. The summed E-state index contributed by atoms with van der Waals surface area (Å²) in [5.41, 5.74) is 1.08. The van der Waals surface area contributed by atoms with E-state index >= 15 is 0 Å². The molecule has 3 nitrogen and oxygen atoms in total. The predicted octanol–water partition coefficient (Wildman–Crippen LogP) is 1.74. The second-order valence-corrected chi connectivity index (χ2v) is 3.15. The first-order valence-corrected chi connectivity index (χ1v) is 4.47. The second-order valence-electron chi connectivity index (χ2n) is 3.15. The molecule has 0 aromatic heterocycles. The van der Waals surface area contributed by atoms with E-state index < -0.39 is 0 Å². The molecule has 0 rings (SSSR count). The van der Waals surface area contributed by atoms with Crippen LogP contribution in [0.3, 0.4) is 0 Å². The highest BCUT2D eigenvalue weighted by atomic mass is 16.6. The van der Waals surface area contributed by atoms with Gasteiger partial charge in [0.2, 0.25) is 0 Å². The van der Waals surface area contributed by atoms with E-state index in [1.54, 1.807) is 0 Å². The summed E-state index contributed by atoms with van der Waals surface area (Å²) >= 11 is 0. The van der Waals surface area contributed by atoms with Crippen molar-refractivity contribution in [2.75, 3.05) is 27.2 Å². The number of hydrogen-bond donors (Lipinski definition) is 0. The van der Waals surface area contributed by atoms with Gasteiger partial charge in [-0.3, -0.25) is 0 Å². The molecule has 0 saturated heterocycles. The van der Waals surface area contributed by atoms with Gasteiger partial charge < -0.3 is 9.74 Å². The maximum Gasteiger partial charge on any atom is 0.114 e. The fourth-order valence-electron chi connectivity index (χ4n) is 0.872. The van der Waals surface area contributed by atoms with Crippen LogP contribution in [0.1, 0.15) is 26.7 Å². The van der Waals surface area contributed by atoms with Crippen molar-refractivity contribution < 1.29 is 4.84 Å². The summed E-state index contributed by atoms with van der Waals surface area (Å²) in [5, 5.41) is 3.94. The van der Waals surface area contributed by atoms with Crippen LogP contribution in [0.25, 0.3) is 0 Å². The van der Waals surface area contributed by atoms with Crippen LogP contribution in [0.4, 0.5) is 0 Å². The Labute approximate surface area is 75.4 Å².